The molecule has 0 aliphatic heterocycles. The third-order valence-electron chi connectivity index (χ3n) is 5.02. The topological polar surface area (TPSA) is 55.1 Å². The molecule has 3 aliphatic carbocycles. The van der Waals surface area contributed by atoms with Gasteiger partial charge in [-0.15, -0.1) is 0 Å². The molecule has 3 N–H and O–H groups in total. The van der Waals surface area contributed by atoms with Crippen LogP contribution in [0.2, 0.25) is 0 Å². The fraction of sp³-hybridized carbons (Fsp3) is 0.900. The van der Waals surface area contributed by atoms with E-state index in [1.54, 1.807) is 0 Å². The molecule has 0 aromatic heterocycles. The van der Waals surface area contributed by atoms with E-state index in [1.807, 2.05) is 0 Å². The van der Waals surface area contributed by atoms with Gasteiger partial charge < -0.3 is 0 Å². The van der Waals surface area contributed by atoms with E-state index in [9.17, 15) is 4.79 Å². The van der Waals surface area contributed by atoms with Gasteiger partial charge in [-0.3, -0.25) is 10.2 Å². The molecule has 0 saturated heterocycles. The predicted octanol–water partition coefficient (Wildman–Crippen LogP) is 2.66. The third-order valence-corrected chi connectivity index (χ3v) is 8.26. The van der Waals surface area contributed by atoms with Crippen molar-refractivity contribution in [1.82, 2.24) is 5.43 Å². The molecule has 0 aromatic carbocycles. The number of hydrogen-bond acceptors (Lipinski definition) is 2. The molecule has 0 aromatic rings. The Morgan fingerprint density at radius 3 is 2.31 bits per heavy atom. The standard InChI is InChI=1S/C10H15Br3N2O/c1-8(2)9(6(12)13)3-4-10(8,5(9)11)7(16)15-14/h5-6H,3-4,14H2,1-2H3,(H,15,16). The van der Waals surface area contributed by atoms with Crippen LogP contribution in [0.5, 0.6) is 0 Å². The molecular formula is C10H15Br3N2O. The third kappa shape index (κ3) is 1.06. The van der Waals surface area contributed by atoms with Crippen LogP contribution in [-0.4, -0.2) is 14.5 Å². The Hall–Kier alpha value is 0.870. The van der Waals surface area contributed by atoms with Gasteiger partial charge in [0.1, 0.15) is 0 Å². The zero-order chi connectivity index (χ0) is 12.4. The summed E-state index contributed by atoms with van der Waals surface area (Å²) in [5, 5.41) is 0. The Morgan fingerprint density at radius 2 is 2.00 bits per heavy atom. The van der Waals surface area contributed by atoms with E-state index in [2.05, 4.69) is 67.1 Å². The number of rotatable bonds is 2. The quantitative estimate of drug-likeness (QED) is 0.313. The number of carbonyl (C=O) groups is 1. The van der Waals surface area contributed by atoms with E-state index >= 15 is 0 Å². The van der Waals surface area contributed by atoms with Gasteiger partial charge in [-0.05, 0) is 18.3 Å². The molecule has 92 valence electrons. The maximum absolute atomic E-state index is 12.1. The van der Waals surface area contributed by atoms with Crippen LogP contribution in [0.25, 0.3) is 0 Å². The molecule has 3 saturated carbocycles. The van der Waals surface area contributed by atoms with Crippen LogP contribution in [0.1, 0.15) is 26.7 Å². The van der Waals surface area contributed by atoms with Gasteiger partial charge >= 0.3 is 0 Å². The highest BCUT2D eigenvalue weighted by molar-refractivity contribution is 9.24. The number of nitrogens with two attached hydrogens (primary N) is 1. The van der Waals surface area contributed by atoms with Gasteiger partial charge in [-0.2, -0.15) is 0 Å². The van der Waals surface area contributed by atoms with E-state index in [0.717, 1.165) is 12.8 Å². The normalized spacial score (nSPS) is 44.3. The molecule has 3 aliphatic rings. The lowest BCUT2D eigenvalue weighted by Crippen LogP contribution is -2.72. The Bertz CT molecular complexity index is 347. The molecule has 3 nitrogen and oxygen atoms in total. The number of carbonyl (C=O) groups excluding carboxylic acids is 1. The number of hydrazine groups is 1. The van der Waals surface area contributed by atoms with Crippen molar-refractivity contribution in [1.29, 1.82) is 0 Å². The molecule has 3 unspecified atom stereocenters. The van der Waals surface area contributed by atoms with E-state index in [0.29, 0.717) is 0 Å². The van der Waals surface area contributed by atoms with E-state index in [-0.39, 0.29) is 30.7 Å². The van der Waals surface area contributed by atoms with Crippen molar-refractivity contribution < 1.29 is 4.79 Å². The van der Waals surface area contributed by atoms with Crippen LogP contribution in [0.4, 0.5) is 0 Å². The highest BCUT2D eigenvalue weighted by atomic mass is 79.9. The van der Waals surface area contributed by atoms with Crippen LogP contribution < -0.4 is 11.3 Å². The summed E-state index contributed by atoms with van der Waals surface area (Å²) in [7, 11) is 0. The van der Waals surface area contributed by atoms with Crippen molar-refractivity contribution in [3.8, 4) is 0 Å². The van der Waals surface area contributed by atoms with Gasteiger partial charge in [0.05, 0.1) is 9.15 Å². The lowest BCUT2D eigenvalue weighted by Gasteiger charge is -2.65. The maximum atomic E-state index is 12.1. The van der Waals surface area contributed by atoms with E-state index < -0.39 is 0 Å². The van der Waals surface area contributed by atoms with Crippen molar-refractivity contribution in [2.24, 2.45) is 22.1 Å². The van der Waals surface area contributed by atoms with Crippen molar-refractivity contribution in [2.75, 3.05) is 0 Å². The first-order chi connectivity index (χ1) is 7.29. The molecule has 3 atom stereocenters. The van der Waals surface area contributed by atoms with Gasteiger partial charge in [0.15, 0.2) is 0 Å². The largest absolute Gasteiger partial charge is 0.294 e. The maximum Gasteiger partial charge on any atom is 0.241 e. The van der Waals surface area contributed by atoms with Gasteiger partial charge in [0, 0.05) is 10.2 Å². The van der Waals surface area contributed by atoms with E-state index in [1.165, 1.54) is 0 Å². The van der Waals surface area contributed by atoms with Gasteiger partial charge in [0.2, 0.25) is 5.91 Å². The summed E-state index contributed by atoms with van der Waals surface area (Å²) >= 11 is 11.0. The van der Waals surface area contributed by atoms with Crippen LogP contribution >= 0.6 is 47.8 Å². The number of nitrogens with one attached hydrogen (secondary N) is 1. The first-order valence-corrected chi connectivity index (χ1v) is 7.97. The minimum atomic E-state index is -0.373. The number of hydrogen-bond donors (Lipinski definition) is 2. The average Bonchev–Trinajstić information content (AvgIpc) is 2.66. The molecule has 6 heteroatoms. The number of amides is 1. The fourth-order valence-corrected chi connectivity index (χ4v) is 8.74. The van der Waals surface area contributed by atoms with Gasteiger partial charge in [0.25, 0.3) is 0 Å². The summed E-state index contributed by atoms with van der Waals surface area (Å²) in [6.45, 7) is 4.31. The van der Waals surface area contributed by atoms with Crippen LogP contribution in [0, 0.1) is 16.2 Å². The van der Waals surface area contributed by atoms with Crippen molar-refractivity contribution in [2.45, 2.75) is 35.3 Å². The highest BCUT2D eigenvalue weighted by Gasteiger charge is 2.83. The zero-order valence-electron chi connectivity index (χ0n) is 9.19. The summed E-state index contributed by atoms with van der Waals surface area (Å²) in [5.41, 5.74) is 1.95. The smallest absolute Gasteiger partial charge is 0.241 e. The Kier molecular flexibility index (Phi) is 3.06. The molecular weight excluding hydrogens is 404 g/mol. The van der Waals surface area contributed by atoms with Crippen molar-refractivity contribution >= 4 is 53.7 Å². The molecule has 3 rings (SSSR count). The first-order valence-electron chi connectivity index (χ1n) is 5.22. The van der Waals surface area contributed by atoms with Crippen LogP contribution in [0.3, 0.4) is 0 Å². The molecule has 0 heterocycles. The summed E-state index contributed by atoms with van der Waals surface area (Å²) in [6, 6.07) is 0. The predicted molar refractivity (Wildman–Crippen MR) is 74.6 cm³/mol. The Labute approximate surface area is 121 Å². The monoisotopic (exact) mass is 416 g/mol. The van der Waals surface area contributed by atoms with Gasteiger partial charge in [-0.1, -0.05) is 61.6 Å². The highest BCUT2D eigenvalue weighted by Crippen LogP contribution is 2.82. The van der Waals surface area contributed by atoms with Crippen LogP contribution in [0.15, 0.2) is 0 Å². The molecule has 0 spiro atoms. The lowest BCUT2D eigenvalue weighted by molar-refractivity contribution is -0.161. The lowest BCUT2D eigenvalue weighted by atomic mass is 9.43. The number of alkyl halides is 3. The van der Waals surface area contributed by atoms with Gasteiger partial charge in [-0.25, -0.2) is 5.84 Å². The second-order valence-corrected chi connectivity index (χ2v) is 9.25. The first kappa shape index (κ1) is 13.3. The molecule has 2 bridgehead atoms. The second-order valence-electron chi connectivity index (χ2n) is 5.27. The summed E-state index contributed by atoms with van der Waals surface area (Å²) in [6.07, 6.45) is 1.90. The summed E-state index contributed by atoms with van der Waals surface area (Å²) < 4.78 is 0.202. The second kappa shape index (κ2) is 3.68. The zero-order valence-corrected chi connectivity index (χ0v) is 13.9. The minimum Gasteiger partial charge on any atom is -0.294 e. The summed E-state index contributed by atoms with van der Waals surface area (Å²) in [5.74, 6) is 5.27. The summed E-state index contributed by atoms with van der Waals surface area (Å²) in [4.78, 5) is 12.2. The Morgan fingerprint density at radius 1 is 1.44 bits per heavy atom. The van der Waals surface area contributed by atoms with E-state index in [4.69, 9.17) is 5.84 Å². The molecule has 16 heavy (non-hydrogen) atoms. The molecule has 1 amide bonds. The number of halogens is 3. The van der Waals surface area contributed by atoms with Crippen LogP contribution in [-0.2, 0) is 4.79 Å². The molecule has 0 radical (unpaired) electrons. The molecule has 3 fully saturated rings. The number of fused-ring (bicyclic) bond motifs is 1. The van der Waals surface area contributed by atoms with Crippen molar-refractivity contribution in [3.05, 3.63) is 0 Å². The van der Waals surface area contributed by atoms with Crippen molar-refractivity contribution in [3.63, 3.8) is 0 Å². The minimum absolute atomic E-state index is 0.0480. The average molecular weight is 419 g/mol. The Balaban J connectivity index is 2.46. The SMILES string of the molecule is CC1(C)C2(C(=O)NN)CCC1(C(Br)Br)C2Br. The fourth-order valence-electron chi connectivity index (χ4n) is 3.83.